The Hall–Kier alpha value is -1.01. The smallest absolute Gasteiger partial charge is 0.0383 e. The van der Waals surface area contributed by atoms with Crippen LogP contribution in [0.3, 0.4) is 0 Å². The molecule has 0 fully saturated rings. The molecule has 19 heavy (non-hydrogen) atoms. The van der Waals surface area contributed by atoms with E-state index in [1.54, 1.807) is 6.92 Å². The van der Waals surface area contributed by atoms with Gasteiger partial charge < -0.3 is 43.6 Å². The van der Waals surface area contributed by atoms with Crippen molar-refractivity contribution in [3.05, 3.63) is 13.8 Å². The maximum Gasteiger partial charge on any atom is 0.0383 e. The minimum absolute atomic E-state index is 0. The molecule has 0 atom stereocenters. The molecule has 6 nitrogen and oxygen atoms in total. The Balaban J connectivity index is -0.0000000279. The van der Waals surface area contributed by atoms with E-state index in [0.29, 0.717) is 0 Å². The summed E-state index contributed by atoms with van der Waals surface area (Å²) < 4.78 is 0. The summed E-state index contributed by atoms with van der Waals surface area (Å²) >= 11 is 0. The van der Waals surface area contributed by atoms with Crippen LogP contribution in [-0.2, 0) is 32.9 Å². The van der Waals surface area contributed by atoms with Crippen LogP contribution in [0.25, 0.3) is 0 Å². The van der Waals surface area contributed by atoms with Crippen LogP contribution in [0.15, 0.2) is 0 Å². The van der Waals surface area contributed by atoms with Crippen LogP contribution in [0.4, 0.5) is 0 Å². The van der Waals surface area contributed by atoms with Crippen LogP contribution < -0.4 is 15.3 Å². The molecule has 0 heterocycles. The molecule has 0 saturated carbocycles. The number of carboxylic acids is 3. The summed E-state index contributed by atoms with van der Waals surface area (Å²) in [4.78, 5) is 26.7. The molecular formula is C12H23O6V-5. The molecule has 0 bridgehead atoms. The van der Waals surface area contributed by atoms with Crippen molar-refractivity contribution in [1.29, 1.82) is 0 Å². The molecule has 0 spiro atoms. The Morgan fingerprint density at radius 3 is 0.895 bits per heavy atom. The van der Waals surface area contributed by atoms with Gasteiger partial charge in [0, 0.05) is 36.5 Å². The summed E-state index contributed by atoms with van der Waals surface area (Å²) in [5.41, 5.74) is 0. The topological polar surface area (TPSA) is 120 Å². The number of hydrogen-bond acceptors (Lipinski definition) is 6. The standard InChI is InChI=1S/C4H9.3C2H4O2.C2H5.V/c1-3-4-2;3*1-2(3)4;1-2;/h1,3-4H2,2H3;3*1H3,(H,3,4);1H2,2H3;/q-1;;;;-1;/p-3. The fourth-order valence-electron chi connectivity index (χ4n) is 0. The van der Waals surface area contributed by atoms with Crippen LogP contribution in [0.1, 0.15) is 47.5 Å². The Bertz CT molecular complexity index is 141. The fourth-order valence-corrected chi connectivity index (χ4v) is 0. The molecule has 117 valence electrons. The second-order valence-corrected chi connectivity index (χ2v) is 2.33. The predicted octanol–water partition coefficient (Wildman–Crippen LogP) is -1.27. The number of carboxylic acid groups (broad SMARTS) is 3. The molecule has 0 aromatic carbocycles. The van der Waals surface area contributed by atoms with Crippen LogP contribution in [0.5, 0.6) is 0 Å². The molecule has 0 aliphatic heterocycles. The minimum atomic E-state index is -1.08. The quantitative estimate of drug-likeness (QED) is 0.556. The Morgan fingerprint density at radius 1 is 0.842 bits per heavy atom. The van der Waals surface area contributed by atoms with Crippen LogP contribution in [0, 0.1) is 13.8 Å². The van der Waals surface area contributed by atoms with Gasteiger partial charge in [-0.3, -0.25) is 0 Å². The van der Waals surface area contributed by atoms with Gasteiger partial charge in [0.15, 0.2) is 0 Å². The van der Waals surface area contributed by atoms with Gasteiger partial charge in [0.05, 0.1) is 0 Å². The van der Waals surface area contributed by atoms with Gasteiger partial charge in [0.2, 0.25) is 0 Å². The first kappa shape index (κ1) is 36.1. The van der Waals surface area contributed by atoms with Crippen molar-refractivity contribution in [3.63, 3.8) is 0 Å². The Kier molecular flexibility index (Phi) is 82.7. The first-order valence-electron chi connectivity index (χ1n) is 5.14. The van der Waals surface area contributed by atoms with Crippen molar-refractivity contribution >= 4 is 17.9 Å². The average molecular weight is 314 g/mol. The molecule has 0 aliphatic carbocycles. The third-order valence-electron chi connectivity index (χ3n) is 0.354. The van der Waals surface area contributed by atoms with Gasteiger partial charge in [0.25, 0.3) is 0 Å². The van der Waals surface area contributed by atoms with Gasteiger partial charge in [-0.05, 0) is 20.8 Å². The van der Waals surface area contributed by atoms with Crippen molar-refractivity contribution in [2.75, 3.05) is 0 Å². The minimum Gasteiger partial charge on any atom is -0.550 e. The Morgan fingerprint density at radius 2 is 0.895 bits per heavy atom. The van der Waals surface area contributed by atoms with Crippen molar-refractivity contribution in [2.24, 2.45) is 0 Å². The molecule has 0 unspecified atom stereocenters. The zero-order valence-electron chi connectivity index (χ0n) is 12.2. The predicted molar refractivity (Wildman–Crippen MR) is 63.3 cm³/mol. The van der Waals surface area contributed by atoms with E-state index in [4.69, 9.17) is 29.7 Å². The summed E-state index contributed by atoms with van der Waals surface area (Å²) in [6, 6.07) is 0. The van der Waals surface area contributed by atoms with Gasteiger partial charge in [0.1, 0.15) is 0 Å². The monoisotopic (exact) mass is 314 g/mol. The van der Waals surface area contributed by atoms with Crippen molar-refractivity contribution in [3.8, 4) is 0 Å². The molecule has 0 rings (SSSR count). The van der Waals surface area contributed by atoms with E-state index in [9.17, 15) is 0 Å². The summed E-state index contributed by atoms with van der Waals surface area (Å²) in [6.07, 6.45) is 2.28. The van der Waals surface area contributed by atoms with Crippen molar-refractivity contribution in [1.82, 2.24) is 0 Å². The van der Waals surface area contributed by atoms with E-state index in [1.165, 1.54) is 6.42 Å². The maximum absolute atomic E-state index is 8.89. The number of aliphatic carboxylic acids is 3. The van der Waals surface area contributed by atoms with Gasteiger partial charge in [-0.1, -0.05) is 13.3 Å². The van der Waals surface area contributed by atoms with Gasteiger partial charge in [-0.15, -0.1) is 0 Å². The summed E-state index contributed by atoms with van der Waals surface area (Å²) in [6.45, 7) is 13.6. The third kappa shape index (κ3) is 123000000. The number of hydrogen-bond donors (Lipinski definition) is 0. The molecular weight excluding hydrogens is 291 g/mol. The third-order valence-corrected chi connectivity index (χ3v) is 0.354. The zero-order valence-corrected chi connectivity index (χ0v) is 13.6. The van der Waals surface area contributed by atoms with E-state index in [1.807, 2.05) is 0 Å². The SMILES string of the molecule is CC(=O)[O-].CC(=O)[O-].CC(=O)[O-].[CH2-]C.[CH2-]CCC.[V]. The number of carbonyl (C=O) groups excluding carboxylic acids is 3. The molecule has 1 radical (unpaired) electrons. The molecule has 0 aromatic heterocycles. The first-order valence-corrected chi connectivity index (χ1v) is 5.14. The summed E-state index contributed by atoms with van der Waals surface area (Å²) in [7, 11) is 0. The molecule has 7 heteroatoms. The second kappa shape index (κ2) is 43.5. The maximum atomic E-state index is 8.89. The summed E-state index contributed by atoms with van der Waals surface area (Å²) in [5, 5.41) is 26.7. The first-order chi connectivity index (χ1) is 8.11. The van der Waals surface area contributed by atoms with Crippen LogP contribution in [0.2, 0.25) is 0 Å². The normalized spacial score (nSPS) is 5.84. The zero-order chi connectivity index (χ0) is 16.1. The van der Waals surface area contributed by atoms with Crippen molar-refractivity contribution in [2.45, 2.75) is 47.5 Å². The second-order valence-electron chi connectivity index (χ2n) is 2.33. The fraction of sp³-hybridized carbons (Fsp3) is 0.583. The van der Waals surface area contributed by atoms with E-state index in [0.717, 1.165) is 27.2 Å². The van der Waals surface area contributed by atoms with E-state index >= 15 is 0 Å². The Labute approximate surface area is 128 Å². The molecule has 0 amide bonds. The molecule has 0 N–H and O–H groups in total. The largest absolute Gasteiger partial charge is 0.550 e. The van der Waals surface area contributed by atoms with E-state index in [2.05, 4.69) is 20.8 Å². The van der Waals surface area contributed by atoms with Crippen LogP contribution in [-0.4, -0.2) is 17.9 Å². The van der Waals surface area contributed by atoms with E-state index in [-0.39, 0.29) is 18.6 Å². The van der Waals surface area contributed by atoms with Gasteiger partial charge in [-0.2, -0.15) is 13.3 Å². The molecule has 0 aromatic rings. The van der Waals surface area contributed by atoms with Crippen LogP contribution >= 0.6 is 0 Å². The molecule has 0 saturated heterocycles. The van der Waals surface area contributed by atoms with Gasteiger partial charge >= 0.3 is 0 Å². The number of carbonyl (C=O) groups is 3. The number of rotatable bonds is 1. The molecule has 0 aliphatic rings. The average Bonchev–Trinajstić information content (AvgIpc) is 2.18. The van der Waals surface area contributed by atoms with Gasteiger partial charge in [-0.25, -0.2) is 0 Å². The number of unbranched alkanes of at least 4 members (excludes halogenated alkanes) is 1. The van der Waals surface area contributed by atoms with Crippen molar-refractivity contribution < 1.29 is 48.3 Å². The summed E-state index contributed by atoms with van der Waals surface area (Å²) in [5.74, 6) is -3.25. The van der Waals surface area contributed by atoms with E-state index < -0.39 is 17.9 Å².